The van der Waals surface area contributed by atoms with E-state index in [2.05, 4.69) is 27.9 Å². The van der Waals surface area contributed by atoms with Gasteiger partial charge in [0.15, 0.2) is 0 Å². The zero-order valence-electron chi connectivity index (χ0n) is 7.96. The third kappa shape index (κ3) is 2.35. The molecule has 0 aliphatic rings. The smallest absolute Gasteiger partial charge is 0.125 e. The van der Waals surface area contributed by atoms with E-state index >= 15 is 0 Å². The van der Waals surface area contributed by atoms with Gasteiger partial charge in [-0.2, -0.15) is 0 Å². The topological polar surface area (TPSA) is 47.3 Å². The molecule has 76 valence electrons. The lowest BCUT2D eigenvalue weighted by Gasteiger charge is -2.15. The third-order valence-corrected chi connectivity index (χ3v) is 2.44. The monoisotopic (exact) mass is 256 g/mol. The Morgan fingerprint density at radius 1 is 1.64 bits per heavy atom. The fraction of sp³-hybridized carbons (Fsp3) is 0.200. The Morgan fingerprint density at radius 3 is 2.86 bits per heavy atom. The van der Waals surface area contributed by atoms with Crippen LogP contribution >= 0.6 is 15.9 Å². The maximum absolute atomic E-state index is 5.39. The predicted molar refractivity (Wildman–Crippen MR) is 61.0 cm³/mol. The highest BCUT2D eigenvalue weighted by atomic mass is 79.9. The number of hydrazine groups is 1. The van der Waals surface area contributed by atoms with E-state index in [0.29, 0.717) is 0 Å². The fourth-order valence-electron chi connectivity index (χ4n) is 1.23. The molecule has 0 saturated heterocycles. The second kappa shape index (κ2) is 5.14. The number of benzene rings is 1. The molecule has 0 fully saturated rings. The molecule has 0 aliphatic heterocycles. The lowest BCUT2D eigenvalue weighted by atomic mass is 10.1. The molecule has 0 aliphatic carbocycles. The van der Waals surface area contributed by atoms with Crippen molar-refractivity contribution >= 4 is 15.9 Å². The van der Waals surface area contributed by atoms with Crippen molar-refractivity contribution in [1.29, 1.82) is 0 Å². The first-order valence-corrected chi connectivity index (χ1v) is 4.94. The quantitative estimate of drug-likeness (QED) is 0.493. The lowest BCUT2D eigenvalue weighted by Crippen LogP contribution is -2.26. The summed E-state index contributed by atoms with van der Waals surface area (Å²) in [7, 11) is 1.63. The molecule has 3 nitrogen and oxygen atoms in total. The Bertz CT molecular complexity index is 328. The molecule has 0 heterocycles. The largest absolute Gasteiger partial charge is 0.496 e. The molecule has 1 aromatic carbocycles. The Balaban J connectivity index is 3.12. The van der Waals surface area contributed by atoms with E-state index in [-0.39, 0.29) is 6.04 Å². The Hall–Kier alpha value is -0.840. The molecule has 1 unspecified atom stereocenters. The zero-order valence-corrected chi connectivity index (χ0v) is 9.54. The predicted octanol–water partition coefficient (Wildman–Crippen LogP) is 2.15. The van der Waals surface area contributed by atoms with Crippen LogP contribution in [-0.2, 0) is 0 Å². The van der Waals surface area contributed by atoms with Gasteiger partial charge in [-0.1, -0.05) is 28.1 Å². The summed E-state index contributed by atoms with van der Waals surface area (Å²) in [6, 6.07) is 5.67. The van der Waals surface area contributed by atoms with Crippen LogP contribution in [-0.4, -0.2) is 7.11 Å². The highest BCUT2D eigenvalue weighted by Gasteiger charge is 2.11. The van der Waals surface area contributed by atoms with Crippen LogP contribution in [0.1, 0.15) is 11.6 Å². The number of nitrogens with two attached hydrogens (primary N) is 1. The minimum Gasteiger partial charge on any atom is -0.496 e. The average Bonchev–Trinajstić information content (AvgIpc) is 2.21. The van der Waals surface area contributed by atoms with Gasteiger partial charge in [0.05, 0.1) is 13.2 Å². The van der Waals surface area contributed by atoms with Crippen molar-refractivity contribution in [2.75, 3.05) is 7.11 Å². The Morgan fingerprint density at radius 2 is 2.36 bits per heavy atom. The van der Waals surface area contributed by atoms with Crippen LogP contribution in [0.25, 0.3) is 0 Å². The van der Waals surface area contributed by atoms with Crippen molar-refractivity contribution in [3.8, 4) is 5.75 Å². The van der Waals surface area contributed by atoms with Crippen LogP contribution in [0.3, 0.4) is 0 Å². The maximum Gasteiger partial charge on any atom is 0.125 e. The second-order valence-corrected chi connectivity index (χ2v) is 3.68. The van der Waals surface area contributed by atoms with E-state index in [1.807, 2.05) is 18.2 Å². The summed E-state index contributed by atoms with van der Waals surface area (Å²) in [6.45, 7) is 3.70. The third-order valence-electron chi connectivity index (χ3n) is 1.95. The summed E-state index contributed by atoms with van der Waals surface area (Å²) in [6.07, 6.45) is 1.73. The normalized spacial score (nSPS) is 12.2. The van der Waals surface area contributed by atoms with E-state index in [1.54, 1.807) is 13.2 Å². The summed E-state index contributed by atoms with van der Waals surface area (Å²) in [4.78, 5) is 0. The van der Waals surface area contributed by atoms with Gasteiger partial charge in [0.25, 0.3) is 0 Å². The molecule has 0 saturated carbocycles. The molecule has 0 aromatic heterocycles. The number of nitrogens with one attached hydrogen (secondary N) is 1. The number of ether oxygens (including phenoxy) is 1. The minimum absolute atomic E-state index is 0.0990. The summed E-state index contributed by atoms with van der Waals surface area (Å²) < 4.78 is 6.21. The van der Waals surface area contributed by atoms with E-state index in [1.165, 1.54) is 0 Å². The van der Waals surface area contributed by atoms with Crippen LogP contribution in [0, 0.1) is 0 Å². The fourth-order valence-corrected chi connectivity index (χ4v) is 1.57. The Labute approximate surface area is 92.0 Å². The number of hydrogen-bond donors (Lipinski definition) is 2. The molecular formula is C10H13BrN2O. The number of methoxy groups -OCH3 is 1. The number of halogens is 1. The first kappa shape index (κ1) is 11.2. The van der Waals surface area contributed by atoms with Gasteiger partial charge < -0.3 is 4.74 Å². The molecule has 1 atom stereocenters. The van der Waals surface area contributed by atoms with E-state index in [9.17, 15) is 0 Å². The highest BCUT2D eigenvalue weighted by Crippen LogP contribution is 2.28. The lowest BCUT2D eigenvalue weighted by molar-refractivity contribution is 0.405. The highest BCUT2D eigenvalue weighted by molar-refractivity contribution is 9.10. The van der Waals surface area contributed by atoms with Crippen LogP contribution < -0.4 is 16.0 Å². The Kier molecular flexibility index (Phi) is 4.13. The van der Waals surface area contributed by atoms with Gasteiger partial charge in [0.2, 0.25) is 0 Å². The molecule has 1 rings (SSSR count). The van der Waals surface area contributed by atoms with E-state index in [4.69, 9.17) is 10.6 Å². The van der Waals surface area contributed by atoms with Crippen LogP contribution in [0.4, 0.5) is 0 Å². The van der Waals surface area contributed by atoms with Gasteiger partial charge in [-0.05, 0) is 12.1 Å². The van der Waals surface area contributed by atoms with Crippen molar-refractivity contribution in [2.24, 2.45) is 5.84 Å². The van der Waals surface area contributed by atoms with Crippen LogP contribution in [0.5, 0.6) is 5.75 Å². The summed E-state index contributed by atoms with van der Waals surface area (Å²) in [5.41, 5.74) is 3.61. The van der Waals surface area contributed by atoms with Crippen molar-refractivity contribution in [3.63, 3.8) is 0 Å². The van der Waals surface area contributed by atoms with Crippen molar-refractivity contribution in [3.05, 3.63) is 40.9 Å². The molecule has 0 amide bonds. The summed E-state index contributed by atoms with van der Waals surface area (Å²) in [5.74, 6) is 6.17. The molecule has 3 N–H and O–H groups in total. The van der Waals surface area contributed by atoms with Gasteiger partial charge in [0.1, 0.15) is 5.75 Å². The zero-order chi connectivity index (χ0) is 10.6. The van der Waals surface area contributed by atoms with E-state index < -0.39 is 0 Å². The molecular weight excluding hydrogens is 244 g/mol. The van der Waals surface area contributed by atoms with E-state index in [0.717, 1.165) is 15.8 Å². The van der Waals surface area contributed by atoms with Crippen molar-refractivity contribution in [2.45, 2.75) is 6.04 Å². The van der Waals surface area contributed by atoms with Gasteiger partial charge in [0, 0.05) is 10.0 Å². The number of hydrogen-bond acceptors (Lipinski definition) is 3. The molecule has 4 heteroatoms. The molecule has 0 spiro atoms. The second-order valence-electron chi connectivity index (χ2n) is 2.77. The van der Waals surface area contributed by atoms with Gasteiger partial charge in [-0.25, -0.2) is 5.43 Å². The standard InChI is InChI=1S/C10H13BrN2O/c1-3-9(13-12)8-5-4-7(11)6-10(8)14-2/h3-6,9,13H,1,12H2,2H3. The summed E-state index contributed by atoms with van der Waals surface area (Å²) in [5, 5.41) is 0. The average molecular weight is 257 g/mol. The molecule has 0 radical (unpaired) electrons. The molecule has 14 heavy (non-hydrogen) atoms. The van der Waals surface area contributed by atoms with Crippen molar-refractivity contribution < 1.29 is 4.74 Å². The van der Waals surface area contributed by atoms with Gasteiger partial charge in [-0.3, -0.25) is 5.84 Å². The first-order chi connectivity index (χ1) is 6.72. The minimum atomic E-state index is -0.0990. The van der Waals surface area contributed by atoms with Crippen LogP contribution in [0.15, 0.2) is 35.3 Å². The van der Waals surface area contributed by atoms with Crippen LogP contribution in [0.2, 0.25) is 0 Å². The first-order valence-electron chi connectivity index (χ1n) is 4.15. The van der Waals surface area contributed by atoms with Gasteiger partial charge >= 0.3 is 0 Å². The number of rotatable bonds is 4. The SMILES string of the molecule is C=CC(NN)c1ccc(Br)cc1OC. The van der Waals surface area contributed by atoms with Gasteiger partial charge in [-0.15, -0.1) is 6.58 Å². The molecule has 1 aromatic rings. The molecule has 0 bridgehead atoms. The maximum atomic E-state index is 5.39. The summed E-state index contributed by atoms with van der Waals surface area (Å²) >= 11 is 3.37. The van der Waals surface area contributed by atoms with Crippen molar-refractivity contribution in [1.82, 2.24) is 5.43 Å².